The first-order chi connectivity index (χ1) is 36.2. The molecule has 0 unspecified atom stereocenters. The Morgan fingerprint density at radius 3 is 1.81 bits per heavy atom. The van der Waals surface area contributed by atoms with Crippen LogP contribution in [0.2, 0.25) is 0 Å². The molecule has 15 rings (SSSR count). The first kappa shape index (κ1) is 41.2. The lowest BCUT2D eigenvalue weighted by atomic mass is 9.95. The van der Waals surface area contributed by atoms with Crippen LogP contribution in [0.15, 0.2) is 249 Å². The summed E-state index contributed by atoms with van der Waals surface area (Å²) in [6, 6.07) is 89.1. The van der Waals surface area contributed by atoms with Crippen LogP contribution < -0.4 is 14.5 Å². The Labute approximate surface area is 424 Å². The van der Waals surface area contributed by atoms with Crippen molar-refractivity contribution in [1.82, 2.24) is 13.3 Å². The van der Waals surface area contributed by atoms with Gasteiger partial charge in [0.15, 0.2) is 11.5 Å². The SMILES string of the molecule is c1ccc(N(c2cccc(N3c4ccccc4Oc4ccccc43)c2)c2ccc(-c3ccc(-n4c5ccc(-c6ccc7ccccc7c6)cc5c5c6ccccc6c6ccccc6c54)cc3)c3nsnc23)cc1. The summed E-state index contributed by atoms with van der Waals surface area (Å²) in [4.78, 5) is 4.57. The minimum atomic E-state index is 0.814. The smallest absolute Gasteiger partial charge is 0.151 e. The van der Waals surface area contributed by atoms with Crippen LogP contribution >= 0.6 is 11.7 Å². The molecule has 0 saturated heterocycles. The zero-order valence-corrected chi connectivity index (χ0v) is 40.0. The molecule has 73 heavy (non-hydrogen) atoms. The molecule has 0 N–H and O–H groups in total. The topological polar surface area (TPSA) is 46.4 Å². The van der Waals surface area contributed by atoms with Gasteiger partial charge in [-0.05, 0) is 141 Å². The number of fused-ring (bicyclic) bond motifs is 12. The van der Waals surface area contributed by atoms with Crippen molar-refractivity contribution in [1.29, 1.82) is 0 Å². The predicted molar refractivity (Wildman–Crippen MR) is 305 cm³/mol. The molecule has 3 heterocycles. The first-order valence-electron chi connectivity index (χ1n) is 24.6. The molecule has 2 aromatic heterocycles. The molecule has 0 bridgehead atoms. The molecule has 14 aromatic rings. The van der Waals surface area contributed by atoms with E-state index in [1.54, 1.807) is 0 Å². The van der Waals surface area contributed by atoms with Gasteiger partial charge in [0.1, 0.15) is 11.0 Å². The standard InChI is InChI=1S/C66H41N5OS/c1-2-17-47(18-3-1)69(49-19-14-20-50(41-49)70-58-25-10-12-27-61(58)72-62-28-13-11-26-59(62)70)60-38-36-51(64-65(60)68-73-67-64)43-31-34-48(35-32-43)71-57-37-33-46(45-30-29-42-15-4-5-16-44(42)39-45)40-56(57)63-54-23-8-6-21-52(54)53-22-7-9-24-55(53)66(63)71/h1-41H. The first-order valence-corrected chi connectivity index (χ1v) is 25.3. The molecular formula is C66H41N5OS. The summed E-state index contributed by atoms with van der Waals surface area (Å²) in [5.74, 6) is 1.63. The normalized spacial score (nSPS) is 12.2. The van der Waals surface area contributed by atoms with Crippen LogP contribution in [0.4, 0.5) is 34.1 Å². The van der Waals surface area contributed by atoms with Crippen LogP contribution in [0.25, 0.3) is 93.1 Å². The minimum absolute atomic E-state index is 0.814. The fourth-order valence-electron chi connectivity index (χ4n) is 11.3. The van der Waals surface area contributed by atoms with E-state index in [4.69, 9.17) is 13.5 Å². The number of nitrogens with zero attached hydrogens (tertiary/aromatic N) is 5. The van der Waals surface area contributed by atoms with Gasteiger partial charge < -0.3 is 19.1 Å². The summed E-state index contributed by atoms with van der Waals surface area (Å²) >= 11 is 1.25. The molecule has 0 fully saturated rings. The molecule has 6 nitrogen and oxygen atoms in total. The van der Waals surface area contributed by atoms with Crippen molar-refractivity contribution >= 4 is 111 Å². The highest BCUT2D eigenvalue weighted by atomic mass is 32.1. The van der Waals surface area contributed by atoms with Crippen molar-refractivity contribution in [3.8, 4) is 39.4 Å². The molecule has 0 aliphatic carbocycles. The van der Waals surface area contributed by atoms with E-state index in [0.29, 0.717) is 0 Å². The lowest BCUT2D eigenvalue weighted by molar-refractivity contribution is 0.477. The third kappa shape index (κ3) is 6.56. The molecule has 0 radical (unpaired) electrons. The lowest BCUT2D eigenvalue weighted by Crippen LogP contribution is -2.16. The highest BCUT2D eigenvalue weighted by Gasteiger charge is 2.27. The van der Waals surface area contributed by atoms with Gasteiger partial charge in [-0.2, -0.15) is 8.75 Å². The van der Waals surface area contributed by atoms with Crippen LogP contribution in [0.3, 0.4) is 0 Å². The number of hydrogen-bond acceptors (Lipinski definition) is 6. The van der Waals surface area contributed by atoms with Crippen LogP contribution in [-0.2, 0) is 0 Å². The van der Waals surface area contributed by atoms with Crippen molar-refractivity contribution in [2.24, 2.45) is 0 Å². The molecule has 1 aliphatic rings. The number of rotatable bonds is 7. The van der Waals surface area contributed by atoms with Gasteiger partial charge in [0.2, 0.25) is 0 Å². The predicted octanol–water partition coefficient (Wildman–Crippen LogP) is 18.6. The molecular weight excluding hydrogens is 911 g/mol. The summed E-state index contributed by atoms with van der Waals surface area (Å²) in [6.45, 7) is 0. The van der Waals surface area contributed by atoms with Crippen molar-refractivity contribution in [3.63, 3.8) is 0 Å². The Morgan fingerprint density at radius 1 is 0.397 bits per heavy atom. The van der Waals surface area contributed by atoms with Gasteiger partial charge in [0, 0.05) is 44.5 Å². The molecule has 0 saturated carbocycles. The van der Waals surface area contributed by atoms with Gasteiger partial charge in [-0.25, -0.2) is 0 Å². The highest BCUT2D eigenvalue weighted by molar-refractivity contribution is 7.00. The Kier molecular flexibility index (Phi) is 9.33. The third-order valence-electron chi connectivity index (χ3n) is 14.6. The summed E-state index contributed by atoms with van der Waals surface area (Å²) < 4.78 is 18.9. The Bertz CT molecular complexity index is 4460. The Morgan fingerprint density at radius 2 is 1.01 bits per heavy atom. The van der Waals surface area contributed by atoms with Gasteiger partial charge in [-0.1, -0.05) is 152 Å². The molecule has 12 aromatic carbocycles. The van der Waals surface area contributed by atoms with Crippen LogP contribution in [0.5, 0.6) is 11.5 Å². The summed E-state index contributed by atoms with van der Waals surface area (Å²) in [5, 5.41) is 9.94. The Balaban J connectivity index is 0.860. The maximum absolute atomic E-state index is 6.38. The average molecular weight is 952 g/mol. The Hall–Kier alpha value is -9.56. The number of hydrogen-bond donors (Lipinski definition) is 0. The van der Waals surface area contributed by atoms with E-state index in [2.05, 4.69) is 239 Å². The molecule has 7 heteroatoms. The van der Waals surface area contributed by atoms with E-state index in [1.165, 1.54) is 71.5 Å². The van der Waals surface area contributed by atoms with Gasteiger partial charge >= 0.3 is 0 Å². The minimum Gasteiger partial charge on any atom is -0.453 e. The van der Waals surface area contributed by atoms with Crippen molar-refractivity contribution in [2.75, 3.05) is 9.80 Å². The second-order valence-corrected chi connectivity index (χ2v) is 19.2. The number of aromatic nitrogens is 3. The largest absolute Gasteiger partial charge is 0.453 e. The summed E-state index contributed by atoms with van der Waals surface area (Å²) in [6.07, 6.45) is 0. The van der Waals surface area contributed by atoms with E-state index in [-0.39, 0.29) is 0 Å². The highest BCUT2D eigenvalue weighted by Crippen LogP contribution is 2.52. The maximum Gasteiger partial charge on any atom is 0.151 e. The summed E-state index contributed by atoms with van der Waals surface area (Å²) in [5.41, 5.74) is 15.6. The number of anilines is 6. The zero-order valence-electron chi connectivity index (χ0n) is 39.2. The van der Waals surface area contributed by atoms with E-state index in [0.717, 1.165) is 79.0 Å². The molecule has 1 aliphatic heterocycles. The average Bonchev–Trinajstić information content (AvgIpc) is 4.12. The monoisotopic (exact) mass is 951 g/mol. The van der Waals surface area contributed by atoms with Gasteiger partial charge in [-0.15, -0.1) is 0 Å². The number of para-hydroxylation sites is 5. The van der Waals surface area contributed by atoms with Crippen molar-refractivity contribution < 1.29 is 4.74 Å². The van der Waals surface area contributed by atoms with Gasteiger partial charge in [0.25, 0.3) is 0 Å². The van der Waals surface area contributed by atoms with Crippen molar-refractivity contribution in [3.05, 3.63) is 249 Å². The van der Waals surface area contributed by atoms with E-state index >= 15 is 0 Å². The van der Waals surface area contributed by atoms with Crippen molar-refractivity contribution in [2.45, 2.75) is 0 Å². The van der Waals surface area contributed by atoms with Gasteiger partial charge in [0.05, 0.1) is 39.8 Å². The quantitative estimate of drug-likeness (QED) is 0.149. The van der Waals surface area contributed by atoms with Crippen LogP contribution in [0.1, 0.15) is 0 Å². The molecule has 0 spiro atoms. The molecule has 342 valence electrons. The fourth-order valence-corrected chi connectivity index (χ4v) is 11.9. The summed E-state index contributed by atoms with van der Waals surface area (Å²) in [7, 11) is 0. The number of benzene rings is 12. The second kappa shape index (κ2) is 16.5. The molecule has 0 amide bonds. The van der Waals surface area contributed by atoms with Crippen LogP contribution in [-0.4, -0.2) is 13.3 Å². The van der Waals surface area contributed by atoms with Crippen LogP contribution in [0, 0.1) is 0 Å². The van der Waals surface area contributed by atoms with E-state index < -0.39 is 0 Å². The maximum atomic E-state index is 6.38. The number of ether oxygens (including phenoxy) is 1. The fraction of sp³-hybridized carbons (Fsp3) is 0. The third-order valence-corrected chi connectivity index (χ3v) is 15.1. The molecule has 0 atom stereocenters. The zero-order chi connectivity index (χ0) is 48.0. The lowest BCUT2D eigenvalue weighted by Gasteiger charge is -2.33. The van der Waals surface area contributed by atoms with E-state index in [9.17, 15) is 0 Å². The van der Waals surface area contributed by atoms with E-state index in [1.807, 2.05) is 24.3 Å². The van der Waals surface area contributed by atoms with Gasteiger partial charge in [-0.3, -0.25) is 0 Å². The second-order valence-electron chi connectivity index (χ2n) is 18.6.